The summed E-state index contributed by atoms with van der Waals surface area (Å²) < 4.78 is 40.1. The molecule has 0 spiro atoms. The van der Waals surface area contributed by atoms with Crippen LogP contribution in [0, 0.1) is 6.92 Å². The van der Waals surface area contributed by atoms with Crippen molar-refractivity contribution in [1.29, 1.82) is 0 Å². The number of hydrogen-bond acceptors (Lipinski definition) is 3. The van der Waals surface area contributed by atoms with Crippen LogP contribution in [0.1, 0.15) is 20.8 Å². The van der Waals surface area contributed by atoms with Gasteiger partial charge in [0.1, 0.15) is 0 Å². The number of halogens is 4. The average Bonchev–Trinajstić information content (AvgIpc) is 2.95. The lowest BCUT2D eigenvalue weighted by atomic mass is 10.1. The Morgan fingerprint density at radius 3 is 2.42 bits per heavy atom. The van der Waals surface area contributed by atoms with Gasteiger partial charge in [0.15, 0.2) is 5.13 Å². The Morgan fingerprint density at radius 2 is 1.77 bits per heavy atom. The molecule has 0 saturated heterocycles. The molecule has 1 aromatic heterocycles. The first-order valence-electron chi connectivity index (χ1n) is 7.46. The van der Waals surface area contributed by atoms with E-state index in [1.54, 1.807) is 0 Å². The van der Waals surface area contributed by atoms with E-state index in [2.05, 4.69) is 26.2 Å². The van der Waals surface area contributed by atoms with Gasteiger partial charge in [-0.2, -0.15) is 13.2 Å². The maximum Gasteiger partial charge on any atom is 0.417 e. The lowest BCUT2D eigenvalue weighted by molar-refractivity contribution is -0.137. The van der Waals surface area contributed by atoms with Gasteiger partial charge in [-0.25, -0.2) is 4.98 Å². The zero-order valence-corrected chi connectivity index (χ0v) is 15.8. The highest BCUT2D eigenvalue weighted by Crippen LogP contribution is 2.34. The highest BCUT2D eigenvalue weighted by molar-refractivity contribution is 9.10. The Kier molecular flexibility index (Phi) is 5.15. The third-order valence-electron chi connectivity index (χ3n) is 3.61. The summed E-state index contributed by atoms with van der Waals surface area (Å²) in [5.74, 6) is -0.839. The van der Waals surface area contributed by atoms with Gasteiger partial charge in [0.05, 0.1) is 16.8 Å². The van der Waals surface area contributed by atoms with Crippen LogP contribution in [-0.4, -0.2) is 10.9 Å². The first kappa shape index (κ1) is 18.6. The summed E-state index contributed by atoms with van der Waals surface area (Å²) in [7, 11) is 0. The highest BCUT2D eigenvalue weighted by atomic mass is 79.9. The van der Waals surface area contributed by atoms with Crippen molar-refractivity contribution in [2.24, 2.45) is 0 Å². The Bertz CT molecular complexity index is 952. The van der Waals surface area contributed by atoms with E-state index in [0.717, 1.165) is 27.0 Å². The number of carbonyl (C=O) groups excluding carboxylic acids is 1. The molecular weight excluding hydrogens is 429 g/mol. The van der Waals surface area contributed by atoms with E-state index in [9.17, 15) is 18.0 Å². The fourth-order valence-corrected chi connectivity index (χ4v) is 3.51. The van der Waals surface area contributed by atoms with Gasteiger partial charge in [-0.1, -0.05) is 40.2 Å². The molecule has 3 rings (SSSR count). The van der Waals surface area contributed by atoms with E-state index in [-0.39, 0.29) is 5.13 Å². The molecular formula is C18H12BrF3N2OS. The number of hydrogen-bond donors (Lipinski definition) is 1. The van der Waals surface area contributed by atoms with Crippen molar-refractivity contribution in [2.45, 2.75) is 13.1 Å². The second kappa shape index (κ2) is 7.20. The predicted octanol–water partition coefficient (Wildman–Crippen LogP) is 6.15. The quantitative estimate of drug-likeness (QED) is 0.530. The van der Waals surface area contributed by atoms with Crippen LogP contribution in [0.15, 0.2) is 53.0 Å². The number of carbonyl (C=O) groups is 1. The molecule has 0 unspecified atom stereocenters. The van der Waals surface area contributed by atoms with Crippen LogP contribution < -0.4 is 5.32 Å². The molecule has 1 N–H and O–H groups in total. The van der Waals surface area contributed by atoms with Gasteiger partial charge in [-0.15, -0.1) is 11.3 Å². The number of thiazole rings is 1. The van der Waals surface area contributed by atoms with Crippen molar-refractivity contribution in [3.63, 3.8) is 0 Å². The summed E-state index contributed by atoms with van der Waals surface area (Å²) in [5, 5.41) is 2.72. The summed E-state index contributed by atoms with van der Waals surface area (Å²) in [6, 6.07) is 12.2. The summed E-state index contributed by atoms with van der Waals surface area (Å²) in [5.41, 5.74) is 0.136. The van der Waals surface area contributed by atoms with E-state index >= 15 is 0 Å². The fourth-order valence-electron chi connectivity index (χ4n) is 2.42. The van der Waals surface area contributed by atoms with Crippen molar-refractivity contribution in [3.05, 3.63) is 69.0 Å². The molecule has 0 bridgehead atoms. The molecule has 2 aromatic carbocycles. The van der Waals surface area contributed by atoms with Crippen molar-refractivity contribution in [3.8, 4) is 11.3 Å². The minimum Gasteiger partial charge on any atom is -0.298 e. The second-order valence-electron chi connectivity index (χ2n) is 5.43. The number of aryl methyl sites for hydroxylation is 1. The number of nitrogens with one attached hydrogen (secondary N) is 1. The van der Waals surface area contributed by atoms with Crippen LogP contribution in [0.3, 0.4) is 0 Å². The molecule has 8 heteroatoms. The Labute approximate surface area is 160 Å². The van der Waals surface area contributed by atoms with Crippen LogP contribution in [0.25, 0.3) is 11.3 Å². The van der Waals surface area contributed by atoms with Crippen molar-refractivity contribution in [1.82, 2.24) is 4.98 Å². The van der Waals surface area contributed by atoms with E-state index in [1.165, 1.54) is 23.5 Å². The number of nitrogens with zero attached hydrogens (tertiary/aromatic N) is 1. The molecule has 0 atom stereocenters. The van der Waals surface area contributed by atoms with Gasteiger partial charge in [0.25, 0.3) is 5.91 Å². The molecule has 1 amide bonds. The first-order chi connectivity index (χ1) is 12.3. The standard InChI is InChI=1S/C18H12BrF3N2OS/c1-10-15(11-6-8-12(19)9-7-11)23-17(26-10)24-16(25)13-4-2-3-5-14(13)18(20,21)22/h2-9H,1H3,(H,23,24,25). The van der Waals surface area contributed by atoms with E-state index in [4.69, 9.17) is 0 Å². The molecule has 0 aliphatic carbocycles. The molecule has 0 saturated carbocycles. The van der Waals surface area contributed by atoms with E-state index < -0.39 is 23.2 Å². The molecule has 1 heterocycles. The average molecular weight is 441 g/mol. The summed E-state index contributed by atoms with van der Waals surface area (Å²) >= 11 is 4.57. The van der Waals surface area contributed by atoms with Crippen molar-refractivity contribution < 1.29 is 18.0 Å². The fraction of sp³-hybridized carbons (Fsp3) is 0.111. The minimum absolute atomic E-state index is 0.252. The van der Waals surface area contributed by atoms with Gasteiger partial charge < -0.3 is 0 Å². The van der Waals surface area contributed by atoms with Gasteiger partial charge in [0, 0.05) is 14.9 Å². The number of amides is 1. The highest BCUT2D eigenvalue weighted by Gasteiger charge is 2.35. The number of anilines is 1. The molecule has 3 aromatic rings. The molecule has 0 fully saturated rings. The lowest BCUT2D eigenvalue weighted by Gasteiger charge is -2.11. The third kappa shape index (κ3) is 3.96. The molecule has 26 heavy (non-hydrogen) atoms. The number of benzene rings is 2. The van der Waals surface area contributed by atoms with Crippen LogP contribution >= 0.6 is 27.3 Å². The molecule has 0 radical (unpaired) electrons. The number of rotatable bonds is 3. The Morgan fingerprint density at radius 1 is 1.12 bits per heavy atom. The van der Waals surface area contributed by atoms with Crippen molar-refractivity contribution in [2.75, 3.05) is 5.32 Å². The van der Waals surface area contributed by atoms with Gasteiger partial charge in [-0.05, 0) is 31.2 Å². The van der Waals surface area contributed by atoms with E-state index in [0.29, 0.717) is 5.69 Å². The zero-order valence-electron chi connectivity index (χ0n) is 13.4. The maximum absolute atomic E-state index is 13.1. The van der Waals surface area contributed by atoms with E-state index in [1.807, 2.05) is 31.2 Å². The van der Waals surface area contributed by atoms with Gasteiger partial charge in [0.2, 0.25) is 0 Å². The van der Waals surface area contributed by atoms with Gasteiger partial charge >= 0.3 is 6.18 Å². The Hall–Kier alpha value is -2.19. The normalized spacial score (nSPS) is 11.4. The SMILES string of the molecule is Cc1sc(NC(=O)c2ccccc2C(F)(F)F)nc1-c1ccc(Br)cc1. The summed E-state index contributed by atoms with van der Waals surface area (Å²) in [6.07, 6.45) is -4.60. The predicted molar refractivity (Wildman–Crippen MR) is 99.4 cm³/mol. The minimum atomic E-state index is -4.60. The monoisotopic (exact) mass is 440 g/mol. The second-order valence-corrected chi connectivity index (χ2v) is 7.55. The third-order valence-corrected chi connectivity index (χ3v) is 5.03. The summed E-state index contributed by atoms with van der Waals surface area (Å²) in [4.78, 5) is 17.5. The first-order valence-corrected chi connectivity index (χ1v) is 9.07. The largest absolute Gasteiger partial charge is 0.417 e. The molecule has 0 aliphatic heterocycles. The molecule has 134 valence electrons. The van der Waals surface area contributed by atoms with Gasteiger partial charge in [-0.3, -0.25) is 10.1 Å². The van der Waals surface area contributed by atoms with Crippen LogP contribution in [0.5, 0.6) is 0 Å². The van der Waals surface area contributed by atoms with Crippen molar-refractivity contribution >= 4 is 38.3 Å². The number of aromatic nitrogens is 1. The maximum atomic E-state index is 13.1. The van der Waals surface area contributed by atoms with Crippen LogP contribution in [-0.2, 0) is 6.18 Å². The topological polar surface area (TPSA) is 42.0 Å². The molecule has 3 nitrogen and oxygen atoms in total. The smallest absolute Gasteiger partial charge is 0.298 e. The summed E-state index contributed by atoms with van der Waals surface area (Å²) in [6.45, 7) is 1.84. The van der Waals surface area contributed by atoms with Crippen LogP contribution in [0.4, 0.5) is 18.3 Å². The Balaban J connectivity index is 1.88. The lowest BCUT2D eigenvalue weighted by Crippen LogP contribution is -2.18. The molecule has 0 aliphatic rings. The van der Waals surface area contributed by atoms with Crippen LogP contribution in [0.2, 0.25) is 0 Å². The zero-order chi connectivity index (χ0) is 18.9. The number of alkyl halides is 3.